The van der Waals surface area contributed by atoms with Gasteiger partial charge in [0.2, 0.25) is 0 Å². The van der Waals surface area contributed by atoms with Gasteiger partial charge in [-0.1, -0.05) is 75.8 Å². The summed E-state index contributed by atoms with van der Waals surface area (Å²) in [5.74, 6) is 0. The van der Waals surface area contributed by atoms with E-state index in [9.17, 15) is 0 Å². The Morgan fingerprint density at radius 1 is 0.778 bits per heavy atom. The Balaban J connectivity index is 2.21. The van der Waals surface area contributed by atoms with E-state index in [1.165, 1.54) is 56.2 Å². The zero-order valence-corrected chi connectivity index (χ0v) is 12.4. The Morgan fingerprint density at radius 2 is 1.44 bits per heavy atom. The van der Waals surface area contributed by atoms with Crippen molar-refractivity contribution in [3.8, 4) is 0 Å². The first-order valence-electron chi connectivity index (χ1n) is 7.29. The number of hydrogen-bond acceptors (Lipinski definition) is 1. The van der Waals surface area contributed by atoms with E-state index >= 15 is 0 Å². The third-order valence-electron chi connectivity index (χ3n) is 3.05. The average molecular weight is 262 g/mol. The quantitative estimate of drug-likeness (QED) is 0.492. The first kappa shape index (κ1) is 15.2. The van der Waals surface area contributed by atoms with Gasteiger partial charge in [0.15, 0.2) is 0 Å². The summed E-state index contributed by atoms with van der Waals surface area (Å²) in [6, 6.07) is 12.8. The highest BCUT2D eigenvalue weighted by Gasteiger charge is 1.93. The van der Waals surface area contributed by atoms with Gasteiger partial charge in [0.1, 0.15) is 0 Å². The lowest BCUT2D eigenvalue weighted by molar-refractivity contribution is 0.590. The summed E-state index contributed by atoms with van der Waals surface area (Å²) in [5.41, 5.74) is 0. The molecule has 1 aromatic heterocycles. The van der Waals surface area contributed by atoms with Gasteiger partial charge in [-0.2, -0.15) is 0 Å². The van der Waals surface area contributed by atoms with Crippen molar-refractivity contribution in [2.45, 2.75) is 58.3 Å². The number of hydrogen-bond donors (Lipinski definition) is 0. The molecule has 1 aromatic rings. The Morgan fingerprint density at radius 3 is 2.28 bits per heavy atom. The van der Waals surface area contributed by atoms with E-state index in [0.29, 0.717) is 0 Å². The van der Waals surface area contributed by atoms with Gasteiger partial charge in [0.05, 0.1) is 0 Å². The summed E-state index contributed by atoms with van der Waals surface area (Å²) in [6.45, 7) is 2.27. The second-order valence-electron chi connectivity index (χ2n) is 4.72. The van der Waals surface area contributed by atoms with Crippen molar-refractivity contribution in [3.63, 3.8) is 0 Å². The van der Waals surface area contributed by atoms with Crippen molar-refractivity contribution in [3.05, 3.63) is 46.7 Å². The Kier molecular flexibility index (Phi) is 9.55. The van der Waals surface area contributed by atoms with E-state index < -0.39 is 0 Å². The molecule has 0 amide bonds. The van der Waals surface area contributed by atoms with Crippen LogP contribution in [0.1, 0.15) is 56.7 Å². The third-order valence-corrected chi connectivity index (χ3v) is 3.99. The summed E-state index contributed by atoms with van der Waals surface area (Å²) < 4.78 is 0. The second kappa shape index (κ2) is 11.3. The molecule has 0 saturated heterocycles. The minimum absolute atomic E-state index is 1.23. The summed E-state index contributed by atoms with van der Waals surface area (Å²) in [6.07, 6.45) is 10.9. The lowest BCUT2D eigenvalue weighted by atomic mass is 10.1. The van der Waals surface area contributed by atoms with E-state index in [1.807, 2.05) is 11.3 Å². The van der Waals surface area contributed by atoms with Gasteiger partial charge >= 0.3 is 0 Å². The minimum Gasteiger partial charge on any atom is -0.149 e. The first-order chi connectivity index (χ1) is 8.93. The van der Waals surface area contributed by atoms with Crippen LogP contribution in [0.5, 0.6) is 0 Å². The molecule has 0 aliphatic heterocycles. The zero-order valence-electron chi connectivity index (χ0n) is 11.6. The van der Waals surface area contributed by atoms with Crippen LogP contribution in [0.25, 0.3) is 0 Å². The highest BCUT2D eigenvalue weighted by Crippen LogP contribution is 2.12. The van der Waals surface area contributed by atoms with E-state index in [1.54, 1.807) is 0 Å². The van der Waals surface area contributed by atoms with Gasteiger partial charge in [-0.15, -0.1) is 11.3 Å². The van der Waals surface area contributed by atoms with Crippen LogP contribution >= 0.6 is 11.3 Å². The molecule has 0 saturated carbocycles. The van der Waals surface area contributed by atoms with Gasteiger partial charge in [-0.05, 0) is 24.3 Å². The summed E-state index contributed by atoms with van der Waals surface area (Å²) >= 11 is 1.86. The first-order valence-corrected chi connectivity index (χ1v) is 8.17. The van der Waals surface area contributed by atoms with Crippen LogP contribution in [0.4, 0.5) is 0 Å². The molecular formula is C17H26S. The maximum absolute atomic E-state index is 2.27. The Labute approximate surface area is 116 Å². The fraction of sp³-hybridized carbons (Fsp3) is 0.529. The number of unbranched alkanes of at least 4 members (excludes halogenated alkanes) is 6. The van der Waals surface area contributed by atoms with E-state index in [2.05, 4.69) is 48.7 Å². The second-order valence-corrected chi connectivity index (χ2v) is 5.75. The largest absolute Gasteiger partial charge is 0.149 e. The van der Waals surface area contributed by atoms with Crippen molar-refractivity contribution in [2.75, 3.05) is 0 Å². The van der Waals surface area contributed by atoms with Gasteiger partial charge in [0, 0.05) is 4.88 Å². The summed E-state index contributed by atoms with van der Waals surface area (Å²) in [7, 11) is 0. The van der Waals surface area contributed by atoms with E-state index in [0.717, 1.165) is 0 Å². The normalized spacial score (nSPS) is 10.1. The van der Waals surface area contributed by atoms with Gasteiger partial charge in [-0.25, -0.2) is 0 Å². The molecule has 100 valence electrons. The maximum Gasteiger partial charge on any atom is 0.00449 e. The van der Waals surface area contributed by atoms with E-state index in [-0.39, 0.29) is 0 Å². The van der Waals surface area contributed by atoms with Crippen molar-refractivity contribution in [1.29, 1.82) is 0 Å². The molecule has 0 bridgehead atoms. The Hall–Kier alpha value is -0.820. The molecule has 1 rings (SSSR count). The lowest BCUT2D eigenvalue weighted by Crippen LogP contribution is -1.83. The molecule has 0 unspecified atom stereocenters. The molecule has 0 spiro atoms. The molecule has 1 heteroatoms. The molecule has 0 fully saturated rings. The molecule has 0 atom stereocenters. The zero-order chi connectivity index (χ0) is 12.9. The predicted molar refractivity (Wildman–Crippen MR) is 83.6 cm³/mol. The molecule has 0 radical (unpaired) electrons. The minimum atomic E-state index is 1.23. The van der Waals surface area contributed by atoms with Crippen LogP contribution in [-0.2, 0) is 6.42 Å². The van der Waals surface area contributed by atoms with Crippen molar-refractivity contribution in [1.82, 2.24) is 0 Å². The molecular weight excluding hydrogens is 236 g/mol. The smallest absolute Gasteiger partial charge is 0.00449 e. The van der Waals surface area contributed by atoms with Crippen molar-refractivity contribution < 1.29 is 0 Å². The fourth-order valence-electron chi connectivity index (χ4n) is 1.97. The molecule has 0 aliphatic rings. The van der Waals surface area contributed by atoms with Crippen molar-refractivity contribution in [2.24, 2.45) is 0 Å². The molecule has 0 aliphatic carbocycles. The SMILES string of the molecule is CCCCCCCCCc1cccccccs1. The van der Waals surface area contributed by atoms with E-state index in [4.69, 9.17) is 0 Å². The standard InChI is InChI=1S/C17H26S/c1-2-3-4-5-6-8-11-14-17-15-12-9-7-10-13-16-18-17/h7,9-10,12-13,15-16H,2-6,8,11,14H2,1H3. The van der Waals surface area contributed by atoms with Crippen LogP contribution in [0.15, 0.2) is 41.8 Å². The molecule has 0 nitrogen and oxygen atoms in total. The molecule has 18 heavy (non-hydrogen) atoms. The molecule has 1 heterocycles. The van der Waals surface area contributed by atoms with Crippen LogP contribution in [0.3, 0.4) is 0 Å². The lowest BCUT2D eigenvalue weighted by Gasteiger charge is -2.00. The summed E-state index contributed by atoms with van der Waals surface area (Å²) in [5, 5.41) is 2.18. The summed E-state index contributed by atoms with van der Waals surface area (Å²) in [4.78, 5) is 1.49. The molecule has 0 N–H and O–H groups in total. The highest BCUT2D eigenvalue weighted by atomic mass is 32.1. The number of rotatable bonds is 8. The monoisotopic (exact) mass is 262 g/mol. The van der Waals surface area contributed by atoms with Crippen LogP contribution in [0, 0.1) is 0 Å². The van der Waals surface area contributed by atoms with Gasteiger partial charge in [-0.3, -0.25) is 0 Å². The van der Waals surface area contributed by atoms with Crippen LogP contribution in [0.2, 0.25) is 0 Å². The molecule has 0 aromatic carbocycles. The topological polar surface area (TPSA) is 0 Å². The van der Waals surface area contributed by atoms with Crippen LogP contribution in [-0.4, -0.2) is 0 Å². The number of aryl methyl sites for hydroxylation is 1. The van der Waals surface area contributed by atoms with Crippen molar-refractivity contribution >= 4 is 11.3 Å². The fourth-order valence-corrected chi connectivity index (χ4v) is 2.73. The van der Waals surface area contributed by atoms with Crippen LogP contribution < -0.4 is 0 Å². The highest BCUT2D eigenvalue weighted by molar-refractivity contribution is 7.09. The van der Waals surface area contributed by atoms with Gasteiger partial charge < -0.3 is 0 Å². The average Bonchev–Trinajstić information content (AvgIpc) is 2.51. The van der Waals surface area contributed by atoms with Gasteiger partial charge in [0.25, 0.3) is 0 Å². The Bertz CT molecular complexity index is 315. The maximum atomic E-state index is 2.27. The third kappa shape index (κ3) is 8.30. The predicted octanol–water partition coefficient (Wildman–Crippen LogP) is 6.17.